The summed E-state index contributed by atoms with van der Waals surface area (Å²) in [4.78, 5) is 14.3. The van der Waals surface area contributed by atoms with E-state index in [4.69, 9.17) is 0 Å². The van der Waals surface area contributed by atoms with E-state index in [0.717, 1.165) is 43.6 Å². The average Bonchev–Trinajstić information content (AvgIpc) is 2.97. The van der Waals surface area contributed by atoms with Crippen molar-refractivity contribution in [2.75, 3.05) is 0 Å². The molecule has 0 unspecified atom stereocenters. The van der Waals surface area contributed by atoms with Crippen molar-refractivity contribution in [1.82, 2.24) is 4.98 Å². The van der Waals surface area contributed by atoms with Crippen LogP contribution in [0.3, 0.4) is 0 Å². The summed E-state index contributed by atoms with van der Waals surface area (Å²) in [6.07, 6.45) is 5.59. The maximum Gasteiger partial charge on any atom is 0.305 e. The summed E-state index contributed by atoms with van der Waals surface area (Å²) in [5.74, 6) is -0.644. The lowest BCUT2D eigenvalue weighted by Gasteiger charge is -2.12. The molecule has 0 bridgehead atoms. The summed E-state index contributed by atoms with van der Waals surface area (Å²) < 4.78 is 28.5. The van der Waals surface area contributed by atoms with Crippen LogP contribution in [0.15, 0.2) is 59.4 Å². The lowest BCUT2D eigenvalue weighted by atomic mass is 9.92. The molecule has 28 heavy (non-hydrogen) atoms. The molecule has 3 aromatic carbocycles. The van der Waals surface area contributed by atoms with E-state index in [9.17, 15) is 13.6 Å². The van der Waals surface area contributed by atoms with Crippen molar-refractivity contribution in [3.8, 4) is 0 Å². The van der Waals surface area contributed by atoms with Gasteiger partial charge in [-0.1, -0.05) is 41.7 Å². The molecule has 0 saturated carbocycles. The highest BCUT2D eigenvalue weighted by Crippen LogP contribution is 2.36. The summed E-state index contributed by atoms with van der Waals surface area (Å²) in [6.45, 7) is 0. The molecule has 0 atom stereocenters. The summed E-state index contributed by atoms with van der Waals surface area (Å²) in [5, 5.41) is 0. The van der Waals surface area contributed by atoms with Crippen LogP contribution < -0.4 is 4.87 Å². The number of fused-ring (bicyclic) bond motifs is 3. The van der Waals surface area contributed by atoms with Gasteiger partial charge in [-0.3, -0.25) is 4.79 Å². The first-order valence-electron chi connectivity index (χ1n) is 8.69. The van der Waals surface area contributed by atoms with Crippen LogP contribution in [0.1, 0.15) is 27.8 Å². The number of nitrogens with one attached hydrogen (secondary N) is 1. The Morgan fingerprint density at radius 1 is 0.821 bits per heavy atom. The van der Waals surface area contributed by atoms with Gasteiger partial charge in [-0.15, -0.1) is 0 Å². The Morgan fingerprint density at radius 2 is 1.46 bits per heavy atom. The van der Waals surface area contributed by atoms with Gasteiger partial charge in [-0.25, -0.2) is 8.78 Å². The molecule has 5 heteroatoms. The van der Waals surface area contributed by atoms with Gasteiger partial charge in [0.2, 0.25) is 0 Å². The molecule has 0 radical (unpaired) electrons. The fourth-order valence-electron chi connectivity index (χ4n) is 3.54. The van der Waals surface area contributed by atoms with Gasteiger partial charge in [-0.2, -0.15) is 0 Å². The SMILES string of the molecule is O=c1[nH]c2cc(C=C3c4ccc(F)cc4C=Cc4cc(F)ccc43)ccc2s1. The smallest absolute Gasteiger partial charge is 0.305 e. The van der Waals surface area contributed by atoms with Crippen LogP contribution in [-0.2, 0) is 0 Å². The molecule has 1 heterocycles. The number of hydrogen-bond acceptors (Lipinski definition) is 2. The zero-order valence-electron chi connectivity index (χ0n) is 14.5. The van der Waals surface area contributed by atoms with E-state index in [2.05, 4.69) is 4.98 Å². The molecular weight excluding hydrogens is 376 g/mol. The fourth-order valence-corrected chi connectivity index (χ4v) is 4.26. The molecule has 0 amide bonds. The van der Waals surface area contributed by atoms with Gasteiger partial charge in [0.05, 0.1) is 10.2 Å². The second-order valence-corrected chi connectivity index (χ2v) is 7.64. The number of rotatable bonds is 1. The number of benzene rings is 3. The van der Waals surface area contributed by atoms with Crippen LogP contribution in [0.5, 0.6) is 0 Å². The normalized spacial score (nSPS) is 12.6. The largest absolute Gasteiger partial charge is 0.312 e. The number of halogens is 2. The van der Waals surface area contributed by atoms with Gasteiger partial charge >= 0.3 is 4.87 Å². The Hall–Kier alpha value is -3.31. The van der Waals surface area contributed by atoms with Crippen molar-refractivity contribution >= 4 is 45.4 Å². The zero-order chi connectivity index (χ0) is 19.3. The van der Waals surface area contributed by atoms with Crippen molar-refractivity contribution in [2.24, 2.45) is 0 Å². The quantitative estimate of drug-likeness (QED) is 0.378. The molecule has 1 aliphatic rings. The molecule has 0 fully saturated rings. The third kappa shape index (κ3) is 2.90. The van der Waals surface area contributed by atoms with E-state index in [1.807, 2.05) is 24.3 Å². The van der Waals surface area contributed by atoms with E-state index in [1.54, 1.807) is 24.3 Å². The number of thiazole rings is 1. The second kappa shape index (κ2) is 6.39. The summed E-state index contributed by atoms with van der Waals surface area (Å²) >= 11 is 1.17. The maximum absolute atomic E-state index is 13.8. The predicted octanol–water partition coefficient (Wildman–Crippen LogP) is 5.94. The Morgan fingerprint density at radius 3 is 2.11 bits per heavy atom. The van der Waals surface area contributed by atoms with Crippen LogP contribution in [0.25, 0.3) is 34.0 Å². The van der Waals surface area contributed by atoms with Gasteiger partial charge < -0.3 is 4.98 Å². The number of aromatic nitrogens is 1. The molecule has 136 valence electrons. The minimum absolute atomic E-state index is 0.0971. The summed E-state index contributed by atoms with van der Waals surface area (Å²) in [5.41, 5.74) is 5.72. The molecule has 0 aliphatic heterocycles. The second-order valence-electron chi connectivity index (χ2n) is 6.62. The third-order valence-electron chi connectivity index (χ3n) is 4.80. The third-order valence-corrected chi connectivity index (χ3v) is 5.67. The Labute approximate surface area is 163 Å². The first-order valence-corrected chi connectivity index (χ1v) is 9.51. The standard InChI is InChI=1S/C23H13F2NOS/c24-16-4-6-18-14(11-16)2-3-15-12-17(25)5-7-19(15)20(18)9-13-1-8-22-21(10-13)26-23(27)28-22/h1-12H,(H,26,27). The van der Waals surface area contributed by atoms with Crippen molar-refractivity contribution in [3.63, 3.8) is 0 Å². The summed E-state index contributed by atoms with van der Waals surface area (Å²) in [7, 11) is 0. The van der Waals surface area contributed by atoms with Crippen LogP contribution >= 0.6 is 11.3 Å². The Bertz CT molecular complexity index is 1300. The van der Waals surface area contributed by atoms with Crippen LogP contribution in [0.4, 0.5) is 8.78 Å². The summed E-state index contributed by atoms with van der Waals surface area (Å²) in [6, 6.07) is 15.0. The number of aromatic amines is 1. The number of H-pyrrole nitrogens is 1. The highest BCUT2D eigenvalue weighted by molar-refractivity contribution is 7.16. The monoisotopic (exact) mass is 389 g/mol. The van der Waals surface area contributed by atoms with Crippen molar-refractivity contribution in [1.29, 1.82) is 0 Å². The molecule has 0 spiro atoms. The Balaban J connectivity index is 1.77. The molecular formula is C23H13F2NOS. The van der Waals surface area contributed by atoms with Crippen LogP contribution in [0.2, 0.25) is 0 Å². The van der Waals surface area contributed by atoms with E-state index in [1.165, 1.54) is 35.6 Å². The zero-order valence-corrected chi connectivity index (χ0v) is 15.3. The van der Waals surface area contributed by atoms with Crippen LogP contribution in [-0.4, -0.2) is 4.98 Å². The highest BCUT2D eigenvalue weighted by Gasteiger charge is 2.16. The molecule has 1 aliphatic carbocycles. The van der Waals surface area contributed by atoms with Gasteiger partial charge in [0.25, 0.3) is 0 Å². The molecule has 1 N–H and O–H groups in total. The maximum atomic E-state index is 13.8. The average molecular weight is 389 g/mol. The topological polar surface area (TPSA) is 32.9 Å². The van der Waals surface area contributed by atoms with Gasteiger partial charge in [0.15, 0.2) is 0 Å². The van der Waals surface area contributed by atoms with Crippen molar-refractivity contribution < 1.29 is 8.78 Å². The van der Waals surface area contributed by atoms with E-state index in [-0.39, 0.29) is 16.5 Å². The van der Waals surface area contributed by atoms with Gasteiger partial charge in [0, 0.05) is 0 Å². The number of hydrogen-bond donors (Lipinski definition) is 1. The fraction of sp³-hybridized carbons (Fsp3) is 0. The first kappa shape index (κ1) is 16.8. The molecule has 0 saturated heterocycles. The minimum Gasteiger partial charge on any atom is -0.312 e. The molecule has 2 nitrogen and oxygen atoms in total. The molecule has 4 aromatic rings. The Kier molecular flexibility index (Phi) is 3.84. The van der Waals surface area contributed by atoms with Gasteiger partial charge in [-0.05, 0) is 75.9 Å². The minimum atomic E-state index is -0.322. The first-order chi connectivity index (χ1) is 13.6. The lowest BCUT2D eigenvalue weighted by molar-refractivity contribution is 0.627. The van der Waals surface area contributed by atoms with E-state index < -0.39 is 0 Å². The predicted molar refractivity (Wildman–Crippen MR) is 111 cm³/mol. The van der Waals surface area contributed by atoms with Crippen molar-refractivity contribution in [2.45, 2.75) is 0 Å². The van der Waals surface area contributed by atoms with Crippen LogP contribution in [0, 0.1) is 11.6 Å². The van der Waals surface area contributed by atoms with E-state index >= 15 is 0 Å². The highest BCUT2D eigenvalue weighted by atomic mass is 32.1. The van der Waals surface area contributed by atoms with Crippen molar-refractivity contribution in [3.05, 3.63) is 104 Å². The lowest BCUT2D eigenvalue weighted by Crippen LogP contribution is -1.94. The van der Waals surface area contributed by atoms with E-state index in [0.29, 0.717) is 0 Å². The molecule has 1 aromatic heterocycles. The van der Waals surface area contributed by atoms with Gasteiger partial charge in [0.1, 0.15) is 11.6 Å². The molecule has 5 rings (SSSR count).